The first kappa shape index (κ1) is 15.2. The largest absolute Gasteiger partial charge is 0.388 e. The molecular formula is C16H23N. The molecule has 1 N–H and O–H groups in total. The van der Waals surface area contributed by atoms with Crippen molar-refractivity contribution in [1.82, 2.24) is 0 Å². The van der Waals surface area contributed by atoms with E-state index >= 15 is 0 Å². The molecular weight excluding hydrogens is 206 g/mol. The van der Waals surface area contributed by atoms with E-state index < -0.39 is 0 Å². The van der Waals surface area contributed by atoms with Crippen LogP contribution in [0.4, 0.5) is 5.69 Å². The quantitative estimate of drug-likeness (QED) is 0.724. The van der Waals surface area contributed by atoms with E-state index in [2.05, 4.69) is 36.2 Å². The summed E-state index contributed by atoms with van der Waals surface area (Å²) in [5.74, 6) is 0. The summed E-state index contributed by atoms with van der Waals surface area (Å²) in [6.45, 7) is 9.71. The van der Waals surface area contributed by atoms with Crippen LogP contribution in [0, 0.1) is 0 Å². The molecule has 1 aromatic rings. The maximum atomic E-state index is 3.67. The zero-order valence-corrected chi connectivity index (χ0v) is 11.3. The lowest BCUT2D eigenvalue weighted by molar-refractivity contribution is 1.48. The maximum absolute atomic E-state index is 3.67. The van der Waals surface area contributed by atoms with Crippen molar-refractivity contribution >= 4 is 11.3 Å². The van der Waals surface area contributed by atoms with Gasteiger partial charge in [0.15, 0.2) is 0 Å². The van der Waals surface area contributed by atoms with Crippen LogP contribution in [0.15, 0.2) is 55.1 Å². The number of para-hydroxylation sites is 1. The van der Waals surface area contributed by atoms with Gasteiger partial charge in [-0.3, -0.25) is 0 Å². The third kappa shape index (κ3) is 4.73. The van der Waals surface area contributed by atoms with Crippen LogP contribution in [0.2, 0.25) is 0 Å². The summed E-state index contributed by atoms with van der Waals surface area (Å²) in [5, 5.41) is 3.19. The van der Waals surface area contributed by atoms with Gasteiger partial charge in [-0.25, -0.2) is 0 Å². The number of allylic oxidation sites excluding steroid dienone is 5. The molecule has 17 heavy (non-hydrogen) atoms. The Morgan fingerprint density at radius 2 is 1.88 bits per heavy atom. The molecule has 0 aliphatic rings. The minimum Gasteiger partial charge on any atom is -0.388 e. The molecule has 0 heterocycles. The van der Waals surface area contributed by atoms with E-state index in [0.29, 0.717) is 0 Å². The molecule has 0 fully saturated rings. The predicted octanol–water partition coefficient (Wildman–Crippen LogP) is 4.90. The van der Waals surface area contributed by atoms with Gasteiger partial charge in [0, 0.05) is 18.3 Å². The highest BCUT2D eigenvalue weighted by Crippen LogP contribution is 2.24. The summed E-state index contributed by atoms with van der Waals surface area (Å²) in [7, 11) is 1.93. The summed E-state index contributed by atoms with van der Waals surface area (Å²) in [6, 6.07) is 8.25. The molecule has 0 atom stereocenters. The van der Waals surface area contributed by atoms with Crippen LogP contribution >= 0.6 is 0 Å². The van der Waals surface area contributed by atoms with Crippen LogP contribution < -0.4 is 5.32 Å². The molecule has 0 bridgehead atoms. The van der Waals surface area contributed by atoms with E-state index in [1.165, 1.54) is 11.1 Å². The molecule has 0 aliphatic heterocycles. The standard InChI is InChI=1S/C14H17N.C2H6/c1-4-6-9-12(5-2)13-10-7-8-11-14(13)15-3;1-2/h4-11,15H,1H2,2-3H3;1-2H3/b9-6-,12-5+;. The lowest BCUT2D eigenvalue weighted by Gasteiger charge is -2.09. The van der Waals surface area contributed by atoms with Crippen molar-refractivity contribution in [3.05, 3.63) is 60.7 Å². The summed E-state index contributed by atoms with van der Waals surface area (Å²) in [6.07, 6.45) is 7.88. The van der Waals surface area contributed by atoms with Gasteiger partial charge in [0.2, 0.25) is 0 Å². The van der Waals surface area contributed by atoms with Gasteiger partial charge in [-0.2, -0.15) is 0 Å². The summed E-state index contributed by atoms with van der Waals surface area (Å²) in [4.78, 5) is 0. The Hall–Kier alpha value is -1.76. The van der Waals surface area contributed by atoms with E-state index in [1.807, 2.05) is 46.0 Å². The van der Waals surface area contributed by atoms with Crippen molar-refractivity contribution in [2.45, 2.75) is 20.8 Å². The third-order valence-corrected chi connectivity index (χ3v) is 2.23. The maximum Gasteiger partial charge on any atom is 0.0417 e. The second-order valence-electron chi connectivity index (χ2n) is 3.13. The Bertz CT molecular complexity index is 386. The van der Waals surface area contributed by atoms with Gasteiger partial charge in [-0.05, 0) is 18.6 Å². The molecule has 0 saturated carbocycles. The van der Waals surface area contributed by atoms with Crippen LogP contribution in [-0.2, 0) is 0 Å². The van der Waals surface area contributed by atoms with Gasteiger partial charge in [-0.15, -0.1) is 0 Å². The van der Waals surface area contributed by atoms with Gasteiger partial charge >= 0.3 is 0 Å². The first-order valence-corrected chi connectivity index (χ1v) is 6.06. The smallest absolute Gasteiger partial charge is 0.0417 e. The molecule has 1 nitrogen and oxygen atoms in total. The number of rotatable bonds is 4. The first-order valence-electron chi connectivity index (χ1n) is 6.06. The molecule has 1 aromatic carbocycles. The number of nitrogens with one attached hydrogen (secondary N) is 1. The minimum absolute atomic E-state index is 1.14. The van der Waals surface area contributed by atoms with Crippen LogP contribution in [-0.4, -0.2) is 7.05 Å². The predicted molar refractivity (Wildman–Crippen MR) is 80.3 cm³/mol. The summed E-state index contributed by atoms with van der Waals surface area (Å²) >= 11 is 0. The van der Waals surface area contributed by atoms with Gasteiger partial charge < -0.3 is 5.32 Å². The summed E-state index contributed by atoms with van der Waals surface area (Å²) in [5.41, 5.74) is 3.54. The Morgan fingerprint density at radius 1 is 1.24 bits per heavy atom. The van der Waals surface area contributed by atoms with Crippen molar-refractivity contribution in [2.24, 2.45) is 0 Å². The zero-order valence-electron chi connectivity index (χ0n) is 11.3. The van der Waals surface area contributed by atoms with Crippen molar-refractivity contribution in [3.63, 3.8) is 0 Å². The number of benzene rings is 1. The molecule has 1 heteroatoms. The lowest BCUT2D eigenvalue weighted by atomic mass is 10.0. The molecule has 0 saturated heterocycles. The Kier molecular flexibility index (Phi) is 8.48. The topological polar surface area (TPSA) is 12.0 Å². The highest BCUT2D eigenvalue weighted by molar-refractivity contribution is 5.81. The molecule has 0 aliphatic carbocycles. The van der Waals surface area contributed by atoms with Crippen LogP contribution in [0.1, 0.15) is 26.3 Å². The molecule has 0 amide bonds. The molecule has 1 rings (SSSR count). The monoisotopic (exact) mass is 229 g/mol. The Balaban J connectivity index is 0.00000121. The zero-order chi connectivity index (χ0) is 13.1. The highest BCUT2D eigenvalue weighted by atomic mass is 14.8. The second kappa shape index (κ2) is 9.46. The van der Waals surface area contributed by atoms with Crippen LogP contribution in [0.25, 0.3) is 5.57 Å². The van der Waals surface area contributed by atoms with Gasteiger partial charge in [0.05, 0.1) is 0 Å². The van der Waals surface area contributed by atoms with Gasteiger partial charge in [0.25, 0.3) is 0 Å². The lowest BCUT2D eigenvalue weighted by Crippen LogP contribution is -1.93. The fraction of sp³-hybridized carbons (Fsp3) is 0.250. The third-order valence-electron chi connectivity index (χ3n) is 2.23. The Morgan fingerprint density at radius 3 is 2.41 bits per heavy atom. The van der Waals surface area contributed by atoms with E-state index in [-0.39, 0.29) is 0 Å². The SMILES string of the molecule is C=C/C=C\C(=C/C)c1ccccc1NC.CC. The van der Waals surface area contributed by atoms with E-state index in [0.717, 1.165) is 5.69 Å². The molecule has 0 radical (unpaired) electrons. The average molecular weight is 229 g/mol. The molecule has 0 spiro atoms. The van der Waals surface area contributed by atoms with Crippen LogP contribution in [0.3, 0.4) is 0 Å². The average Bonchev–Trinajstić information content (AvgIpc) is 2.42. The number of anilines is 1. The molecule has 0 aromatic heterocycles. The van der Waals surface area contributed by atoms with Crippen molar-refractivity contribution < 1.29 is 0 Å². The minimum atomic E-state index is 1.14. The van der Waals surface area contributed by atoms with Crippen molar-refractivity contribution in [1.29, 1.82) is 0 Å². The van der Waals surface area contributed by atoms with E-state index in [1.54, 1.807) is 6.08 Å². The number of hydrogen-bond acceptors (Lipinski definition) is 1. The summed E-state index contributed by atoms with van der Waals surface area (Å²) < 4.78 is 0. The molecule has 0 unspecified atom stereocenters. The number of hydrogen-bond donors (Lipinski definition) is 1. The van der Waals surface area contributed by atoms with E-state index in [9.17, 15) is 0 Å². The second-order valence-corrected chi connectivity index (χ2v) is 3.13. The fourth-order valence-electron chi connectivity index (χ4n) is 1.47. The van der Waals surface area contributed by atoms with E-state index in [4.69, 9.17) is 0 Å². The van der Waals surface area contributed by atoms with Gasteiger partial charge in [-0.1, -0.05) is 62.9 Å². The van der Waals surface area contributed by atoms with Gasteiger partial charge in [0.1, 0.15) is 0 Å². The fourth-order valence-corrected chi connectivity index (χ4v) is 1.47. The highest BCUT2D eigenvalue weighted by Gasteiger charge is 2.01. The normalized spacial score (nSPS) is 10.7. The van der Waals surface area contributed by atoms with Crippen molar-refractivity contribution in [3.8, 4) is 0 Å². The Labute approximate surface area is 106 Å². The first-order chi connectivity index (χ1) is 8.33. The van der Waals surface area contributed by atoms with Crippen molar-refractivity contribution in [2.75, 3.05) is 12.4 Å². The van der Waals surface area contributed by atoms with Crippen LogP contribution in [0.5, 0.6) is 0 Å². The molecule has 92 valence electrons.